The molecule has 3 atom stereocenters. The van der Waals surface area contributed by atoms with Crippen molar-refractivity contribution in [2.24, 2.45) is 0 Å². The van der Waals surface area contributed by atoms with E-state index in [1.165, 1.54) is 6.42 Å². The van der Waals surface area contributed by atoms with E-state index < -0.39 is 0 Å². The van der Waals surface area contributed by atoms with Crippen molar-refractivity contribution in [1.82, 2.24) is 5.32 Å². The fourth-order valence-electron chi connectivity index (χ4n) is 3.42. The van der Waals surface area contributed by atoms with Crippen LogP contribution in [0.1, 0.15) is 37.8 Å². The van der Waals surface area contributed by atoms with Gasteiger partial charge < -0.3 is 15.0 Å². The van der Waals surface area contributed by atoms with Crippen LogP contribution in [0.15, 0.2) is 18.2 Å². The zero-order valence-electron chi connectivity index (χ0n) is 12.2. The summed E-state index contributed by atoms with van der Waals surface area (Å²) < 4.78 is 20.3. The average Bonchev–Trinajstić information content (AvgIpc) is 2.95. The SMILES string of the molecule is CNC(C)c1ccc(N2CCOC3CCCC32)c(F)c1. The number of rotatable bonds is 3. The maximum atomic E-state index is 14.5. The van der Waals surface area contributed by atoms with Gasteiger partial charge in [-0.05, 0) is 50.9 Å². The van der Waals surface area contributed by atoms with Crippen LogP contribution >= 0.6 is 0 Å². The summed E-state index contributed by atoms with van der Waals surface area (Å²) >= 11 is 0. The van der Waals surface area contributed by atoms with Gasteiger partial charge in [-0.1, -0.05) is 6.07 Å². The van der Waals surface area contributed by atoms with E-state index in [-0.39, 0.29) is 11.9 Å². The van der Waals surface area contributed by atoms with Gasteiger partial charge in [0.15, 0.2) is 0 Å². The monoisotopic (exact) mass is 278 g/mol. The second-order valence-electron chi connectivity index (χ2n) is 5.82. The number of benzene rings is 1. The molecule has 3 rings (SSSR count). The molecule has 1 heterocycles. The topological polar surface area (TPSA) is 24.5 Å². The summed E-state index contributed by atoms with van der Waals surface area (Å²) in [5, 5.41) is 3.14. The molecule has 0 bridgehead atoms. The molecule has 0 aromatic heterocycles. The first-order chi connectivity index (χ1) is 9.70. The minimum atomic E-state index is -0.114. The van der Waals surface area contributed by atoms with Gasteiger partial charge in [-0.15, -0.1) is 0 Å². The summed E-state index contributed by atoms with van der Waals surface area (Å²) in [4.78, 5) is 2.21. The van der Waals surface area contributed by atoms with Gasteiger partial charge in [0.2, 0.25) is 0 Å². The van der Waals surface area contributed by atoms with Gasteiger partial charge >= 0.3 is 0 Å². The Morgan fingerprint density at radius 1 is 1.40 bits per heavy atom. The third-order valence-electron chi connectivity index (χ3n) is 4.70. The van der Waals surface area contributed by atoms with E-state index in [1.807, 2.05) is 26.1 Å². The highest BCUT2D eigenvalue weighted by atomic mass is 19.1. The van der Waals surface area contributed by atoms with Gasteiger partial charge in [-0.2, -0.15) is 0 Å². The predicted molar refractivity (Wildman–Crippen MR) is 78.6 cm³/mol. The molecule has 110 valence electrons. The first-order valence-corrected chi connectivity index (χ1v) is 7.55. The molecular formula is C16H23FN2O. The number of hydrogen-bond donors (Lipinski definition) is 1. The molecule has 1 saturated carbocycles. The molecule has 1 aliphatic heterocycles. The van der Waals surface area contributed by atoms with Crippen molar-refractivity contribution in [2.45, 2.75) is 44.4 Å². The van der Waals surface area contributed by atoms with Crippen LogP contribution in [0.25, 0.3) is 0 Å². The summed E-state index contributed by atoms with van der Waals surface area (Å²) in [6, 6.07) is 6.14. The molecule has 3 unspecified atom stereocenters. The molecule has 0 radical (unpaired) electrons. The van der Waals surface area contributed by atoms with Crippen molar-refractivity contribution in [2.75, 3.05) is 25.1 Å². The predicted octanol–water partition coefficient (Wildman–Crippen LogP) is 2.86. The second-order valence-corrected chi connectivity index (χ2v) is 5.82. The first-order valence-electron chi connectivity index (χ1n) is 7.55. The fraction of sp³-hybridized carbons (Fsp3) is 0.625. The van der Waals surface area contributed by atoms with Gasteiger partial charge in [-0.25, -0.2) is 4.39 Å². The molecule has 4 heteroatoms. The maximum absolute atomic E-state index is 14.5. The molecule has 0 amide bonds. The van der Waals surface area contributed by atoms with Crippen molar-refractivity contribution in [3.05, 3.63) is 29.6 Å². The molecule has 0 spiro atoms. The van der Waals surface area contributed by atoms with Crippen molar-refractivity contribution < 1.29 is 9.13 Å². The molecule has 1 aromatic rings. The van der Waals surface area contributed by atoms with Crippen LogP contribution in [-0.4, -0.2) is 32.3 Å². The Balaban J connectivity index is 1.86. The van der Waals surface area contributed by atoms with Crippen LogP contribution in [0.2, 0.25) is 0 Å². The van der Waals surface area contributed by atoms with Crippen molar-refractivity contribution in [3.63, 3.8) is 0 Å². The highest BCUT2D eigenvalue weighted by Gasteiger charge is 2.37. The van der Waals surface area contributed by atoms with Crippen molar-refractivity contribution in [1.29, 1.82) is 0 Å². The number of anilines is 1. The standard InChI is InChI=1S/C16H23FN2O/c1-11(18-2)12-6-7-14(13(17)10-12)19-8-9-20-16-5-3-4-15(16)19/h6-7,10-11,15-16,18H,3-5,8-9H2,1-2H3. The molecule has 3 nitrogen and oxygen atoms in total. The van der Waals surface area contributed by atoms with Gasteiger partial charge in [-0.3, -0.25) is 0 Å². The van der Waals surface area contributed by atoms with E-state index in [0.29, 0.717) is 18.8 Å². The van der Waals surface area contributed by atoms with Crippen LogP contribution < -0.4 is 10.2 Å². The van der Waals surface area contributed by atoms with E-state index >= 15 is 0 Å². The number of hydrogen-bond acceptors (Lipinski definition) is 3. The van der Waals surface area contributed by atoms with Crippen molar-refractivity contribution in [3.8, 4) is 0 Å². The number of halogens is 1. The van der Waals surface area contributed by atoms with E-state index in [9.17, 15) is 4.39 Å². The van der Waals surface area contributed by atoms with Crippen LogP contribution in [0.4, 0.5) is 10.1 Å². The lowest BCUT2D eigenvalue weighted by molar-refractivity contribution is 0.0254. The van der Waals surface area contributed by atoms with Crippen LogP contribution in [-0.2, 0) is 4.74 Å². The first kappa shape index (κ1) is 13.8. The maximum Gasteiger partial charge on any atom is 0.146 e. The van der Waals surface area contributed by atoms with E-state index in [0.717, 1.165) is 30.6 Å². The number of morpholine rings is 1. The van der Waals surface area contributed by atoms with Crippen molar-refractivity contribution >= 4 is 5.69 Å². The Hall–Kier alpha value is -1.13. The van der Waals surface area contributed by atoms with E-state index in [1.54, 1.807) is 6.07 Å². The number of nitrogens with zero attached hydrogens (tertiary/aromatic N) is 1. The van der Waals surface area contributed by atoms with Crippen LogP contribution in [0.5, 0.6) is 0 Å². The molecule has 1 saturated heterocycles. The zero-order valence-corrected chi connectivity index (χ0v) is 12.2. The lowest BCUT2D eigenvalue weighted by atomic mass is 10.1. The average molecular weight is 278 g/mol. The number of nitrogens with one attached hydrogen (secondary N) is 1. The van der Waals surface area contributed by atoms with Gasteiger partial charge in [0.1, 0.15) is 5.82 Å². The lowest BCUT2D eigenvalue weighted by Crippen LogP contribution is -2.49. The van der Waals surface area contributed by atoms with E-state index in [4.69, 9.17) is 4.74 Å². The van der Waals surface area contributed by atoms with E-state index in [2.05, 4.69) is 10.2 Å². The fourth-order valence-corrected chi connectivity index (χ4v) is 3.42. The third-order valence-corrected chi connectivity index (χ3v) is 4.70. The minimum absolute atomic E-state index is 0.114. The number of ether oxygens (including phenoxy) is 1. The minimum Gasteiger partial charge on any atom is -0.374 e. The molecule has 2 aliphatic rings. The van der Waals surface area contributed by atoms with Gasteiger partial charge in [0.25, 0.3) is 0 Å². The summed E-state index contributed by atoms with van der Waals surface area (Å²) in [5.41, 5.74) is 1.72. The summed E-state index contributed by atoms with van der Waals surface area (Å²) in [7, 11) is 1.89. The quantitative estimate of drug-likeness (QED) is 0.920. The van der Waals surface area contributed by atoms with Crippen LogP contribution in [0, 0.1) is 5.82 Å². The molecule has 1 aromatic carbocycles. The Bertz CT molecular complexity index is 480. The summed E-state index contributed by atoms with van der Waals surface area (Å²) in [5.74, 6) is -0.114. The summed E-state index contributed by atoms with van der Waals surface area (Å²) in [6.45, 7) is 3.53. The third kappa shape index (κ3) is 2.42. The van der Waals surface area contributed by atoms with Crippen LogP contribution in [0.3, 0.4) is 0 Å². The second kappa shape index (κ2) is 5.70. The Morgan fingerprint density at radius 3 is 3.00 bits per heavy atom. The Morgan fingerprint density at radius 2 is 2.25 bits per heavy atom. The molecular weight excluding hydrogens is 255 g/mol. The summed E-state index contributed by atoms with van der Waals surface area (Å²) in [6.07, 6.45) is 3.69. The van der Waals surface area contributed by atoms with Gasteiger partial charge in [0, 0.05) is 12.6 Å². The highest BCUT2D eigenvalue weighted by molar-refractivity contribution is 5.51. The normalized spacial score (nSPS) is 27.4. The lowest BCUT2D eigenvalue weighted by Gasteiger charge is -2.39. The highest BCUT2D eigenvalue weighted by Crippen LogP contribution is 2.34. The number of fused-ring (bicyclic) bond motifs is 1. The molecule has 20 heavy (non-hydrogen) atoms. The zero-order chi connectivity index (χ0) is 14.1. The molecule has 1 N–H and O–H groups in total. The Labute approximate surface area is 120 Å². The molecule has 1 aliphatic carbocycles. The smallest absolute Gasteiger partial charge is 0.146 e. The largest absolute Gasteiger partial charge is 0.374 e. The Kier molecular flexibility index (Phi) is 3.94. The molecule has 2 fully saturated rings. The van der Waals surface area contributed by atoms with Gasteiger partial charge in [0.05, 0.1) is 24.4 Å².